The fourth-order valence-electron chi connectivity index (χ4n) is 4.90. The first-order valence-corrected chi connectivity index (χ1v) is 11.8. The van der Waals surface area contributed by atoms with E-state index in [1.165, 1.54) is 0 Å². The van der Waals surface area contributed by atoms with E-state index in [1.54, 1.807) is 4.57 Å². The molecule has 0 aliphatic rings. The topological polar surface area (TPSA) is 89.2 Å². The predicted octanol–water partition coefficient (Wildman–Crippen LogP) is 6.41. The molecule has 8 nitrogen and oxygen atoms in total. The van der Waals surface area contributed by atoms with E-state index in [-0.39, 0.29) is 11.6 Å². The maximum absolute atomic E-state index is 13.7. The summed E-state index contributed by atoms with van der Waals surface area (Å²) in [4.78, 5) is 18.6. The molecule has 8 heteroatoms. The van der Waals surface area contributed by atoms with E-state index >= 15 is 0 Å². The third-order valence-electron chi connectivity index (χ3n) is 6.62. The maximum Gasteiger partial charge on any atom is 0.314 e. The van der Waals surface area contributed by atoms with Gasteiger partial charge in [-0.3, -0.25) is 9.20 Å². The number of amides is 1. The molecule has 1 amide bonds. The molecule has 0 saturated heterocycles. The Morgan fingerprint density at radius 3 is 2.44 bits per heavy atom. The van der Waals surface area contributed by atoms with Gasteiger partial charge in [-0.2, -0.15) is 0 Å². The summed E-state index contributed by atoms with van der Waals surface area (Å²) in [6.07, 6.45) is 0. The minimum Gasteiger partial charge on any atom is -0.493 e. The lowest BCUT2D eigenvalue weighted by molar-refractivity contribution is 0.0990. The number of carbonyl (C=O) groups excluding carboxylic acids is 1. The van der Waals surface area contributed by atoms with Crippen LogP contribution in [0.1, 0.15) is 23.0 Å². The van der Waals surface area contributed by atoms with Crippen LogP contribution in [0.4, 0.5) is 5.69 Å². The largest absolute Gasteiger partial charge is 0.493 e. The summed E-state index contributed by atoms with van der Waals surface area (Å²) >= 11 is 0. The second-order valence-corrected chi connectivity index (χ2v) is 8.80. The van der Waals surface area contributed by atoms with Crippen LogP contribution in [-0.2, 0) is 13.6 Å². The Kier molecular flexibility index (Phi) is 4.96. The first kappa shape index (κ1) is 21.8. The van der Waals surface area contributed by atoms with Gasteiger partial charge >= 0.3 is 5.91 Å². The van der Waals surface area contributed by atoms with Crippen LogP contribution in [0.2, 0.25) is 0 Å². The normalized spacial score (nSPS) is 12.0. The molecule has 6 aromatic rings. The number of nitrogens with zero attached hydrogens (tertiary/aromatic N) is 6. The summed E-state index contributed by atoms with van der Waals surface area (Å²) in [5.74, 6) is 0.0818. The molecule has 3 heterocycles. The average Bonchev–Trinajstić information content (AvgIpc) is 3.51. The molecule has 6 rings (SSSR count). The third-order valence-corrected chi connectivity index (χ3v) is 6.62. The number of para-hydroxylation sites is 2. The number of rotatable bonds is 4. The predicted molar refractivity (Wildman–Crippen MR) is 140 cm³/mol. The molecule has 0 fully saturated rings. The van der Waals surface area contributed by atoms with Crippen molar-refractivity contribution < 1.29 is 9.90 Å². The molecule has 0 unspecified atom stereocenters. The first-order valence-electron chi connectivity index (χ1n) is 11.8. The second-order valence-electron chi connectivity index (χ2n) is 8.80. The van der Waals surface area contributed by atoms with Gasteiger partial charge < -0.3 is 14.2 Å². The van der Waals surface area contributed by atoms with Gasteiger partial charge in [0.15, 0.2) is 5.69 Å². The Labute approximate surface area is 206 Å². The molecule has 3 aromatic carbocycles. The Bertz CT molecular complexity index is 1820. The highest BCUT2D eigenvalue weighted by Gasteiger charge is 2.25. The van der Waals surface area contributed by atoms with Crippen molar-refractivity contribution in [2.75, 3.05) is 0 Å². The molecule has 3 aromatic heterocycles. The van der Waals surface area contributed by atoms with Gasteiger partial charge in [-0.05, 0) is 38.1 Å². The number of imidazole rings is 2. The van der Waals surface area contributed by atoms with Crippen molar-refractivity contribution in [3.63, 3.8) is 0 Å². The number of benzene rings is 3. The minimum absolute atomic E-state index is 0.0125. The van der Waals surface area contributed by atoms with E-state index in [0.29, 0.717) is 23.7 Å². The lowest BCUT2D eigenvalue weighted by Gasteiger charge is -2.02. The van der Waals surface area contributed by atoms with Crippen LogP contribution in [0.5, 0.6) is 5.88 Å². The van der Waals surface area contributed by atoms with Crippen molar-refractivity contribution in [2.24, 2.45) is 17.3 Å². The van der Waals surface area contributed by atoms with Crippen molar-refractivity contribution in [1.29, 1.82) is 0 Å². The van der Waals surface area contributed by atoms with Gasteiger partial charge in [-0.25, -0.2) is 4.98 Å². The zero-order valence-corrected chi connectivity index (χ0v) is 20.2. The number of aromatic hydroxyl groups is 1. The molecule has 0 bridgehead atoms. The van der Waals surface area contributed by atoms with Gasteiger partial charge in [-0.15, -0.1) is 10.2 Å². The molecule has 0 aliphatic carbocycles. The molecule has 0 radical (unpaired) electrons. The number of carbonyl (C=O) groups is 1. The van der Waals surface area contributed by atoms with Crippen LogP contribution < -0.4 is 0 Å². The Morgan fingerprint density at radius 1 is 0.972 bits per heavy atom. The molecular weight excluding hydrogens is 452 g/mol. The number of azo groups is 1. The van der Waals surface area contributed by atoms with Gasteiger partial charge in [0.1, 0.15) is 11.4 Å². The third kappa shape index (κ3) is 3.15. The van der Waals surface area contributed by atoms with E-state index in [0.717, 1.165) is 33.1 Å². The lowest BCUT2D eigenvalue weighted by atomic mass is 10.1. The minimum atomic E-state index is -0.540. The van der Waals surface area contributed by atoms with Gasteiger partial charge in [0.2, 0.25) is 11.7 Å². The molecule has 0 spiro atoms. The number of hydrogen-bond donors (Lipinski definition) is 1. The fourth-order valence-corrected chi connectivity index (χ4v) is 4.90. The van der Waals surface area contributed by atoms with E-state index < -0.39 is 5.91 Å². The summed E-state index contributed by atoms with van der Waals surface area (Å²) in [6, 6.07) is 23.3. The van der Waals surface area contributed by atoms with Crippen LogP contribution in [-0.4, -0.2) is 29.5 Å². The van der Waals surface area contributed by atoms with Crippen LogP contribution in [0.3, 0.4) is 0 Å². The zero-order valence-electron chi connectivity index (χ0n) is 20.2. The van der Waals surface area contributed by atoms with Crippen LogP contribution >= 0.6 is 0 Å². The Morgan fingerprint density at radius 2 is 1.69 bits per heavy atom. The molecule has 1 N–H and O–H groups in total. The van der Waals surface area contributed by atoms with Crippen molar-refractivity contribution in [2.45, 2.75) is 20.4 Å². The van der Waals surface area contributed by atoms with Crippen molar-refractivity contribution in [3.8, 4) is 17.1 Å². The summed E-state index contributed by atoms with van der Waals surface area (Å²) in [5.41, 5.74) is 5.62. The van der Waals surface area contributed by atoms with E-state index in [2.05, 4.69) is 10.2 Å². The number of aromatic nitrogens is 4. The van der Waals surface area contributed by atoms with Gasteiger partial charge in [-0.1, -0.05) is 54.1 Å². The molecular formula is C28H24N6O2. The van der Waals surface area contributed by atoms with Crippen molar-refractivity contribution >= 4 is 39.3 Å². The number of aryl methyl sites for hydroxylation is 3. The summed E-state index contributed by atoms with van der Waals surface area (Å²) in [5, 5.41) is 20.0. The Balaban J connectivity index is 1.57. The number of fused-ring (bicyclic) bond motifs is 4. The van der Waals surface area contributed by atoms with Gasteiger partial charge in [0.25, 0.3) is 0 Å². The standard InChI is InChI=1S/C28H24N6O2/c1-4-33-20-15-14-17(2)16-19(20)24(27(33)36)30-31-26(35)25-23(18-10-6-5-7-11-18)29-28-32(3)21-12-8-9-13-22(21)34(25)28/h5-16,36H,4H2,1-3H3. The summed E-state index contributed by atoms with van der Waals surface area (Å²) in [7, 11) is 1.93. The van der Waals surface area contributed by atoms with Gasteiger partial charge in [0, 0.05) is 24.5 Å². The van der Waals surface area contributed by atoms with E-state index in [9.17, 15) is 9.90 Å². The van der Waals surface area contributed by atoms with Crippen LogP contribution in [0.25, 0.3) is 39.0 Å². The fraction of sp³-hybridized carbons (Fsp3) is 0.143. The molecule has 178 valence electrons. The van der Waals surface area contributed by atoms with E-state index in [4.69, 9.17) is 4.98 Å². The zero-order chi connectivity index (χ0) is 25.0. The summed E-state index contributed by atoms with van der Waals surface area (Å²) < 4.78 is 5.54. The highest BCUT2D eigenvalue weighted by atomic mass is 16.3. The molecule has 0 saturated carbocycles. The van der Waals surface area contributed by atoms with E-state index in [1.807, 2.05) is 103 Å². The first-order chi connectivity index (χ1) is 17.5. The average molecular weight is 477 g/mol. The molecule has 0 atom stereocenters. The number of hydrogen-bond acceptors (Lipinski definition) is 4. The van der Waals surface area contributed by atoms with Crippen molar-refractivity contribution in [1.82, 2.24) is 18.5 Å². The SMILES string of the molecule is CCn1c(O)c(N=NC(=O)c2c(-c3ccccc3)nc3n(C)c4ccccc4n23)c2cc(C)ccc21. The summed E-state index contributed by atoms with van der Waals surface area (Å²) in [6.45, 7) is 4.48. The lowest BCUT2D eigenvalue weighted by Crippen LogP contribution is -2.01. The van der Waals surface area contributed by atoms with Gasteiger partial charge in [0.05, 0.1) is 16.6 Å². The van der Waals surface area contributed by atoms with Crippen molar-refractivity contribution in [3.05, 3.63) is 84.1 Å². The second kappa shape index (κ2) is 8.20. The highest BCUT2D eigenvalue weighted by Crippen LogP contribution is 2.39. The van der Waals surface area contributed by atoms with Crippen LogP contribution in [0.15, 0.2) is 83.0 Å². The molecule has 0 aliphatic heterocycles. The van der Waals surface area contributed by atoms with Crippen LogP contribution in [0, 0.1) is 6.92 Å². The highest BCUT2D eigenvalue weighted by molar-refractivity contribution is 6.03. The smallest absolute Gasteiger partial charge is 0.314 e. The monoisotopic (exact) mass is 476 g/mol. The Hall–Kier alpha value is -4.72. The maximum atomic E-state index is 13.7. The quantitative estimate of drug-likeness (QED) is 0.298. The molecule has 36 heavy (non-hydrogen) atoms.